The Morgan fingerprint density at radius 3 is 2.41 bits per heavy atom. The Labute approximate surface area is 158 Å². The van der Waals surface area contributed by atoms with Crippen molar-refractivity contribution in [2.45, 2.75) is 19.3 Å². The monoisotopic (exact) mass is 378 g/mol. The molecule has 0 bridgehead atoms. The second kappa shape index (κ2) is 7.64. The summed E-state index contributed by atoms with van der Waals surface area (Å²) < 4.78 is 15.9. The Morgan fingerprint density at radius 2 is 1.89 bits per heavy atom. The standard InChI is InChI=1S/C19H26N2O6/c1-25-14-7-13(8-15(26-2)17(14)27-3)20-16(22)10-21-9-12-5-4-6-19(12,11-21)18(23)24/h7-8,12H,4-6,9-11H2,1-3H3,(H,20,22)(H,23,24)/t12-,19+/m0/s1. The van der Waals surface area contributed by atoms with Gasteiger partial charge in [-0.15, -0.1) is 0 Å². The number of ether oxygens (including phenoxy) is 3. The van der Waals surface area contributed by atoms with Crippen molar-refractivity contribution in [3.05, 3.63) is 12.1 Å². The minimum Gasteiger partial charge on any atom is -0.493 e. The van der Waals surface area contributed by atoms with Gasteiger partial charge in [0, 0.05) is 30.9 Å². The predicted molar refractivity (Wildman–Crippen MR) is 98.6 cm³/mol. The van der Waals surface area contributed by atoms with Crippen LogP contribution in [0.2, 0.25) is 0 Å². The average Bonchev–Trinajstić information content (AvgIpc) is 3.18. The summed E-state index contributed by atoms with van der Waals surface area (Å²) in [5, 5.41) is 12.5. The van der Waals surface area contributed by atoms with Gasteiger partial charge >= 0.3 is 5.97 Å². The van der Waals surface area contributed by atoms with E-state index in [4.69, 9.17) is 14.2 Å². The second-order valence-electron chi connectivity index (χ2n) is 7.18. The SMILES string of the molecule is COc1cc(NC(=O)CN2C[C@@H]3CCC[C@@]3(C(=O)O)C2)cc(OC)c1OC. The maximum Gasteiger partial charge on any atom is 0.311 e. The normalized spacial score (nSPS) is 24.3. The first kappa shape index (κ1) is 19.3. The zero-order valence-corrected chi connectivity index (χ0v) is 15.9. The van der Waals surface area contributed by atoms with E-state index in [1.807, 2.05) is 4.90 Å². The zero-order chi connectivity index (χ0) is 19.6. The molecule has 0 radical (unpaired) electrons. The highest BCUT2D eigenvalue weighted by atomic mass is 16.5. The molecule has 1 aliphatic carbocycles. The first-order valence-electron chi connectivity index (χ1n) is 8.99. The van der Waals surface area contributed by atoms with Gasteiger partial charge in [0.25, 0.3) is 0 Å². The van der Waals surface area contributed by atoms with Gasteiger partial charge in [0.05, 0.1) is 33.3 Å². The largest absolute Gasteiger partial charge is 0.493 e. The first-order valence-corrected chi connectivity index (χ1v) is 8.99. The molecule has 2 fully saturated rings. The fourth-order valence-corrected chi connectivity index (χ4v) is 4.42. The number of nitrogens with zero attached hydrogens (tertiary/aromatic N) is 1. The van der Waals surface area contributed by atoms with Crippen molar-refractivity contribution in [1.29, 1.82) is 0 Å². The molecular formula is C19H26N2O6. The van der Waals surface area contributed by atoms with Crippen LogP contribution in [0.4, 0.5) is 5.69 Å². The topological polar surface area (TPSA) is 97.3 Å². The lowest BCUT2D eigenvalue weighted by Gasteiger charge is -2.23. The molecule has 2 N–H and O–H groups in total. The number of carboxylic acid groups (broad SMARTS) is 1. The van der Waals surface area contributed by atoms with Crippen molar-refractivity contribution in [2.75, 3.05) is 46.3 Å². The van der Waals surface area contributed by atoms with E-state index in [2.05, 4.69) is 5.32 Å². The van der Waals surface area contributed by atoms with Crippen molar-refractivity contribution in [2.24, 2.45) is 11.3 Å². The molecule has 1 aromatic carbocycles. The molecule has 0 unspecified atom stereocenters. The van der Waals surface area contributed by atoms with Crippen molar-refractivity contribution in [3.8, 4) is 17.2 Å². The van der Waals surface area contributed by atoms with E-state index in [9.17, 15) is 14.7 Å². The Kier molecular flexibility index (Phi) is 5.46. The third-order valence-corrected chi connectivity index (χ3v) is 5.68. The number of hydrogen-bond donors (Lipinski definition) is 2. The quantitative estimate of drug-likeness (QED) is 0.747. The molecule has 1 aliphatic heterocycles. The van der Waals surface area contributed by atoms with Crippen molar-refractivity contribution >= 4 is 17.6 Å². The highest BCUT2D eigenvalue weighted by Gasteiger charge is 2.54. The molecule has 148 valence electrons. The number of hydrogen-bond acceptors (Lipinski definition) is 6. The van der Waals surface area contributed by atoms with Crippen LogP contribution in [-0.2, 0) is 9.59 Å². The van der Waals surface area contributed by atoms with E-state index < -0.39 is 11.4 Å². The third-order valence-electron chi connectivity index (χ3n) is 5.68. The molecular weight excluding hydrogens is 352 g/mol. The summed E-state index contributed by atoms with van der Waals surface area (Å²) in [4.78, 5) is 26.2. The molecule has 2 aliphatic rings. The molecule has 3 rings (SSSR count). The van der Waals surface area contributed by atoms with Gasteiger partial charge in [-0.25, -0.2) is 0 Å². The van der Waals surface area contributed by atoms with Crippen LogP contribution in [0.15, 0.2) is 12.1 Å². The van der Waals surface area contributed by atoms with Gasteiger partial charge in [-0.3, -0.25) is 14.5 Å². The van der Waals surface area contributed by atoms with Crippen LogP contribution in [0.5, 0.6) is 17.2 Å². The van der Waals surface area contributed by atoms with Gasteiger partial charge in [-0.1, -0.05) is 6.42 Å². The van der Waals surface area contributed by atoms with Crippen LogP contribution in [0.25, 0.3) is 0 Å². The number of amides is 1. The first-order chi connectivity index (χ1) is 12.9. The minimum absolute atomic E-state index is 0.129. The predicted octanol–water partition coefficient (Wildman–Crippen LogP) is 1.84. The van der Waals surface area contributed by atoms with Gasteiger partial charge < -0.3 is 24.6 Å². The van der Waals surface area contributed by atoms with Gasteiger partial charge in [0.2, 0.25) is 11.7 Å². The number of benzene rings is 1. The van der Waals surface area contributed by atoms with E-state index >= 15 is 0 Å². The van der Waals surface area contributed by atoms with Gasteiger partial charge in [0.15, 0.2) is 11.5 Å². The molecule has 2 atom stereocenters. The lowest BCUT2D eigenvalue weighted by molar-refractivity contribution is -0.149. The Morgan fingerprint density at radius 1 is 1.22 bits per heavy atom. The molecule has 1 aromatic rings. The van der Waals surface area contributed by atoms with Crippen molar-refractivity contribution < 1.29 is 28.9 Å². The molecule has 0 aromatic heterocycles. The Balaban J connectivity index is 1.68. The number of carbonyl (C=O) groups is 2. The van der Waals surface area contributed by atoms with Gasteiger partial charge in [-0.2, -0.15) is 0 Å². The van der Waals surface area contributed by atoms with E-state index in [0.717, 1.165) is 12.8 Å². The summed E-state index contributed by atoms with van der Waals surface area (Å²) in [5.41, 5.74) is -0.158. The molecule has 1 saturated heterocycles. The molecule has 8 nitrogen and oxygen atoms in total. The number of carbonyl (C=O) groups excluding carboxylic acids is 1. The van der Waals surface area contributed by atoms with Crippen molar-refractivity contribution in [1.82, 2.24) is 4.90 Å². The van der Waals surface area contributed by atoms with Gasteiger partial charge in [0.1, 0.15) is 0 Å². The third kappa shape index (κ3) is 3.53. The van der Waals surface area contributed by atoms with E-state index in [0.29, 0.717) is 42.4 Å². The van der Waals surface area contributed by atoms with Crippen LogP contribution in [0, 0.1) is 11.3 Å². The fourth-order valence-electron chi connectivity index (χ4n) is 4.42. The fraction of sp³-hybridized carbons (Fsp3) is 0.579. The summed E-state index contributed by atoms with van der Waals surface area (Å²) in [6.45, 7) is 1.23. The lowest BCUT2D eigenvalue weighted by atomic mass is 9.81. The Hall–Kier alpha value is -2.48. The summed E-state index contributed by atoms with van der Waals surface area (Å²) in [6.07, 6.45) is 2.55. The minimum atomic E-state index is -0.738. The summed E-state index contributed by atoms with van der Waals surface area (Å²) in [6, 6.07) is 3.33. The maximum absolute atomic E-state index is 12.5. The maximum atomic E-state index is 12.5. The smallest absolute Gasteiger partial charge is 0.311 e. The van der Waals surface area contributed by atoms with Crippen LogP contribution < -0.4 is 19.5 Å². The summed E-state index contributed by atoms with van der Waals surface area (Å²) in [5.74, 6) is 0.542. The number of likely N-dealkylation sites (tertiary alicyclic amines) is 1. The highest BCUT2D eigenvalue weighted by Crippen LogP contribution is 2.48. The highest BCUT2D eigenvalue weighted by molar-refractivity contribution is 5.93. The molecule has 27 heavy (non-hydrogen) atoms. The lowest BCUT2D eigenvalue weighted by Crippen LogP contribution is -2.37. The molecule has 1 heterocycles. The van der Waals surface area contributed by atoms with Gasteiger partial charge in [-0.05, 0) is 18.8 Å². The van der Waals surface area contributed by atoms with Crippen LogP contribution in [0.1, 0.15) is 19.3 Å². The summed E-state index contributed by atoms with van der Waals surface area (Å²) >= 11 is 0. The second-order valence-corrected chi connectivity index (χ2v) is 7.18. The van der Waals surface area contributed by atoms with Crippen LogP contribution in [-0.4, -0.2) is 62.8 Å². The van der Waals surface area contributed by atoms with Crippen LogP contribution >= 0.6 is 0 Å². The molecule has 0 spiro atoms. The number of aliphatic carboxylic acids is 1. The van der Waals surface area contributed by atoms with Crippen molar-refractivity contribution in [3.63, 3.8) is 0 Å². The molecule has 1 amide bonds. The average molecular weight is 378 g/mol. The van der Waals surface area contributed by atoms with E-state index in [1.165, 1.54) is 21.3 Å². The molecule has 8 heteroatoms. The molecule has 1 saturated carbocycles. The number of methoxy groups -OCH3 is 3. The van der Waals surface area contributed by atoms with E-state index in [-0.39, 0.29) is 18.4 Å². The number of rotatable bonds is 7. The van der Waals surface area contributed by atoms with E-state index in [1.54, 1.807) is 12.1 Å². The number of carboxylic acids is 1. The zero-order valence-electron chi connectivity index (χ0n) is 15.9. The number of fused-ring (bicyclic) bond motifs is 1. The Bertz CT molecular complexity index is 712. The number of anilines is 1. The number of nitrogens with one attached hydrogen (secondary N) is 1. The summed E-state index contributed by atoms with van der Waals surface area (Å²) in [7, 11) is 4.54. The van der Waals surface area contributed by atoms with Crippen LogP contribution in [0.3, 0.4) is 0 Å².